The Balaban J connectivity index is 1.63. The molecule has 2 aromatic rings. The van der Waals surface area contributed by atoms with Crippen LogP contribution >= 0.6 is 0 Å². The molecule has 2 N–H and O–H groups in total. The molecule has 1 aliphatic heterocycles. The Hall–Kier alpha value is -2.93. The van der Waals surface area contributed by atoms with E-state index in [2.05, 4.69) is 10.3 Å². The fraction of sp³-hybridized carbons (Fsp3) is 0.381. The van der Waals surface area contributed by atoms with Crippen LogP contribution in [0.3, 0.4) is 0 Å². The third-order valence-corrected chi connectivity index (χ3v) is 5.00. The summed E-state index contributed by atoms with van der Waals surface area (Å²) in [5.74, 6) is -1.11. The second-order valence-corrected chi connectivity index (χ2v) is 7.09. The molecule has 28 heavy (non-hydrogen) atoms. The van der Waals surface area contributed by atoms with E-state index in [1.54, 1.807) is 19.5 Å². The third kappa shape index (κ3) is 5.29. The van der Waals surface area contributed by atoms with Crippen molar-refractivity contribution < 1.29 is 19.4 Å². The number of carboxylic acids is 1. The number of benzene rings is 1. The number of carboxylic acid groups (broad SMARTS) is 1. The van der Waals surface area contributed by atoms with Crippen LogP contribution in [-0.2, 0) is 22.7 Å². The van der Waals surface area contributed by atoms with Crippen molar-refractivity contribution in [3.8, 4) is 5.75 Å². The average Bonchev–Trinajstić information content (AvgIpc) is 2.73. The number of likely N-dealkylation sites (tertiary alicyclic amines) is 1. The topological polar surface area (TPSA) is 91.8 Å². The summed E-state index contributed by atoms with van der Waals surface area (Å²) in [5.41, 5.74) is 1.97. The lowest BCUT2D eigenvalue weighted by Gasteiger charge is -2.35. The van der Waals surface area contributed by atoms with E-state index < -0.39 is 11.9 Å². The van der Waals surface area contributed by atoms with Gasteiger partial charge in [0, 0.05) is 38.6 Å². The molecule has 1 aromatic carbocycles. The van der Waals surface area contributed by atoms with Crippen LogP contribution in [0.15, 0.2) is 48.8 Å². The molecule has 0 unspecified atom stereocenters. The molecule has 1 amide bonds. The number of aromatic nitrogens is 1. The highest BCUT2D eigenvalue weighted by atomic mass is 16.5. The van der Waals surface area contributed by atoms with Crippen LogP contribution in [0.4, 0.5) is 0 Å². The smallest absolute Gasteiger partial charge is 0.307 e. The number of nitrogens with zero attached hydrogens (tertiary/aromatic N) is 2. The van der Waals surface area contributed by atoms with Crippen LogP contribution in [0.5, 0.6) is 5.75 Å². The summed E-state index contributed by atoms with van der Waals surface area (Å²) in [4.78, 5) is 30.3. The number of aliphatic carboxylic acids is 1. The van der Waals surface area contributed by atoms with Gasteiger partial charge in [0.15, 0.2) is 0 Å². The minimum Gasteiger partial charge on any atom is -0.497 e. The summed E-state index contributed by atoms with van der Waals surface area (Å²) in [7, 11) is 1.62. The Labute approximate surface area is 164 Å². The second kappa shape index (κ2) is 9.32. The number of methoxy groups -OCH3 is 1. The number of nitrogens with one attached hydrogen (secondary N) is 1. The van der Waals surface area contributed by atoms with Gasteiger partial charge in [0.1, 0.15) is 5.75 Å². The van der Waals surface area contributed by atoms with Gasteiger partial charge in [-0.15, -0.1) is 0 Å². The van der Waals surface area contributed by atoms with Crippen molar-refractivity contribution in [2.24, 2.45) is 11.8 Å². The normalized spacial score (nSPS) is 19.8. The molecule has 7 nitrogen and oxygen atoms in total. The Morgan fingerprint density at radius 3 is 2.57 bits per heavy atom. The average molecular weight is 383 g/mol. The number of piperidine rings is 1. The first-order valence-electron chi connectivity index (χ1n) is 9.30. The molecule has 3 rings (SSSR count). The minimum absolute atomic E-state index is 0.116. The first kappa shape index (κ1) is 19.8. The van der Waals surface area contributed by atoms with E-state index >= 15 is 0 Å². The monoisotopic (exact) mass is 383 g/mol. The zero-order chi connectivity index (χ0) is 19.9. The molecule has 0 saturated carbocycles. The largest absolute Gasteiger partial charge is 0.497 e. The predicted molar refractivity (Wildman–Crippen MR) is 104 cm³/mol. The molecule has 0 radical (unpaired) electrons. The zero-order valence-electron chi connectivity index (χ0n) is 15.9. The van der Waals surface area contributed by atoms with E-state index in [0.29, 0.717) is 32.6 Å². The summed E-state index contributed by atoms with van der Waals surface area (Å²) < 4.78 is 5.17. The Morgan fingerprint density at radius 2 is 1.93 bits per heavy atom. The van der Waals surface area contributed by atoms with E-state index in [0.717, 1.165) is 16.9 Å². The summed E-state index contributed by atoms with van der Waals surface area (Å²) in [6.07, 6.45) is 3.74. The molecule has 7 heteroatoms. The predicted octanol–water partition coefficient (Wildman–Crippen LogP) is 1.93. The Kier molecular flexibility index (Phi) is 6.60. The number of hydrogen-bond acceptors (Lipinski definition) is 5. The first-order chi connectivity index (χ1) is 13.5. The van der Waals surface area contributed by atoms with E-state index in [9.17, 15) is 14.7 Å². The number of hydrogen-bond donors (Lipinski definition) is 2. The van der Waals surface area contributed by atoms with Gasteiger partial charge in [-0.25, -0.2) is 0 Å². The maximum Gasteiger partial charge on any atom is 0.307 e. The van der Waals surface area contributed by atoms with Crippen LogP contribution in [0.25, 0.3) is 0 Å². The summed E-state index contributed by atoms with van der Waals surface area (Å²) in [5, 5.41) is 12.4. The standard InChI is InChI=1S/C21H25N3O4/c1-28-19-6-4-15(5-7-19)12-24-13-17(9-18(14-24)21(26)27)20(25)23-11-16-3-2-8-22-10-16/h2-8,10,17-18H,9,11-14H2,1H3,(H,23,25)(H,26,27)/t17-,18+/m1/s1. The van der Waals surface area contributed by atoms with Crippen LogP contribution in [0.2, 0.25) is 0 Å². The van der Waals surface area contributed by atoms with E-state index in [-0.39, 0.29) is 11.8 Å². The summed E-state index contributed by atoms with van der Waals surface area (Å²) >= 11 is 0. The van der Waals surface area contributed by atoms with E-state index in [4.69, 9.17) is 4.74 Å². The molecule has 2 heterocycles. The lowest BCUT2D eigenvalue weighted by atomic mass is 9.88. The molecule has 1 aliphatic rings. The number of ether oxygens (including phenoxy) is 1. The van der Waals surface area contributed by atoms with Crippen LogP contribution in [0, 0.1) is 11.8 Å². The highest BCUT2D eigenvalue weighted by Crippen LogP contribution is 2.24. The third-order valence-electron chi connectivity index (χ3n) is 5.00. The Morgan fingerprint density at radius 1 is 1.18 bits per heavy atom. The Bertz CT molecular complexity index is 795. The van der Waals surface area contributed by atoms with Crippen LogP contribution in [0.1, 0.15) is 17.5 Å². The molecule has 1 aromatic heterocycles. The van der Waals surface area contributed by atoms with Gasteiger partial charge in [-0.05, 0) is 35.7 Å². The summed E-state index contributed by atoms with van der Waals surface area (Å²) in [6.45, 7) is 1.96. The van der Waals surface area contributed by atoms with Gasteiger partial charge in [0.05, 0.1) is 18.9 Å². The minimum atomic E-state index is -0.857. The molecule has 0 bridgehead atoms. The number of rotatable bonds is 7. The quantitative estimate of drug-likeness (QED) is 0.759. The molecule has 1 saturated heterocycles. The summed E-state index contributed by atoms with van der Waals surface area (Å²) in [6, 6.07) is 11.4. The molecular weight excluding hydrogens is 358 g/mol. The van der Waals surface area contributed by atoms with Crippen molar-refractivity contribution in [1.82, 2.24) is 15.2 Å². The van der Waals surface area contributed by atoms with Gasteiger partial charge in [0.2, 0.25) is 5.91 Å². The van der Waals surface area contributed by atoms with Gasteiger partial charge in [-0.3, -0.25) is 19.5 Å². The van der Waals surface area contributed by atoms with Gasteiger partial charge in [-0.1, -0.05) is 18.2 Å². The van der Waals surface area contributed by atoms with Crippen molar-refractivity contribution in [2.75, 3.05) is 20.2 Å². The lowest BCUT2D eigenvalue weighted by Crippen LogP contribution is -2.47. The highest BCUT2D eigenvalue weighted by Gasteiger charge is 2.35. The highest BCUT2D eigenvalue weighted by molar-refractivity contribution is 5.80. The fourth-order valence-corrected chi connectivity index (χ4v) is 3.51. The second-order valence-electron chi connectivity index (χ2n) is 7.09. The molecule has 1 fully saturated rings. The number of carbonyl (C=O) groups excluding carboxylic acids is 1. The number of carbonyl (C=O) groups is 2. The van der Waals surface area contributed by atoms with Crippen molar-refractivity contribution in [1.29, 1.82) is 0 Å². The van der Waals surface area contributed by atoms with E-state index in [1.807, 2.05) is 41.3 Å². The van der Waals surface area contributed by atoms with Crippen molar-refractivity contribution in [2.45, 2.75) is 19.5 Å². The van der Waals surface area contributed by atoms with Crippen LogP contribution in [-0.4, -0.2) is 47.1 Å². The maximum atomic E-state index is 12.7. The van der Waals surface area contributed by atoms with Gasteiger partial charge >= 0.3 is 5.97 Å². The fourth-order valence-electron chi connectivity index (χ4n) is 3.51. The van der Waals surface area contributed by atoms with E-state index in [1.165, 1.54) is 0 Å². The van der Waals surface area contributed by atoms with Gasteiger partial charge < -0.3 is 15.2 Å². The van der Waals surface area contributed by atoms with Gasteiger partial charge in [0.25, 0.3) is 0 Å². The van der Waals surface area contributed by atoms with Crippen molar-refractivity contribution >= 4 is 11.9 Å². The van der Waals surface area contributed by atoms with Crippen LogP contribution < -0.4 is 10.1 Å². The zero-order valence-corrected chi connectivity index (χ0v) is 15.9. The number of amides is 1. The van der Waals surface area contributed by atoms with Gasteiger partial charge in [-0.2, -0.15) is 0 Å². The molecule has 148 valence electrons. The lowest BCUT2D eigenvalue weighted by molar-refractivity contribution is -0.145. The SMILES string of the molecule is COc1ccc(CN2C[C@@H](C(=O)O)C[C@@H](C(=O)NCc3cccnc3)C2)cc1. The number of pyridine rings is 1. The molecule has 0 aliphatic carbocycles. The first-order valence-corrected chi connectivity index (χ1v) is 9.30. The van der Waals surface area contributed by atoms with Crippen molar-refractivity contribution in [3.63, 3.8) is 0 Å². The van der Waals surface area contributed by atoms with Crippen molar-refractivity contribution in [3.05, 3.63) is 59.9 Å². The molecule has 0 spiro atoms. The molecular formula is C21H25N3O4. The maximum absolute atomic E-state index is 12.7. The molecule has 2 atom stereocenters.